The largest absolute Gasteiger partial charge is 0.396 e. The van der Waals surface area contributed by atoms with Gasteiger partial charge >= 0.3 is 0 Å². The average Bonchev–Trinajstić information content (AvgIpc) is 2.92. The Morgan fingerprint density at radius 2 is 2.18 bits per heavy atom. The fourth-order valence-electron chi connectivity index (χ4n) is 2.94. The van der Waals surface area contributed by atoms with E-state index in [2.05, 4.69) is 12.2 Å². The van der Waals surface area contributed by atoms with Crippen molar-refractivity contribution < 1.29 is 9.90 Å². The molecule has 2 N–H and O–H groups in total. The van der Waals surface area contributed by atoms with E-state index in [1.54, 1.807) is 0 Å². The molecule has 0 bridgehead atoms. The van der Waals surface area contributed by atoms with Crippen molar-refractivity contribution in [3.63, 3.8) is 0 Å². The van der Waals surface area contributed by atoms with Crippen molar-refractivity contribution in [3.05, 3.63) is 0 Å². The van der Waals surface area contributed by atoms with Crippen LogP contribution in [0.4, 0.5) is 0 Å². The molecule has 2 rings (SSSR count). The molecule has 1 unspecified atom stereocenters. The van der Waals surface area contributed by atoms with Crippen molar-refractivity contribution in [2.75, 3.05) is 26.2 Å². The van der Waals surface area contributed by atoms with E-state index in [1.807, 2.05) is 4.90 Å². The van der Waals surface area contributed by atoms with Crippen molar-refractivity contribution in [1.82, 2.24) is 10.2 Å². The normalized spacial score (nSPS) is 28.4. The zero-order chi connectivity index (χ0) is 12.3. The minimum absolute atomic E-state index is 0.0539. The molecule has 0 radical (unpaired) electrons. The monoisotopic (exact) mass is 240 g/mol. The van der Waals surface area contributed by atoms with Crippen LogP contribution in [0.25, 0.3) is 0 Å². The summed E-state index contributed by atoms with van der Waals surface area (Å²) in [6, 6.07) is 0.0539. The molecule has 4 nitrogen and oxygen atoms in total. The van der Waals surface area contributed by atoms with Gasteiger partial charge in [0, 0.05) is 19.7 Å². The Bertz CT molecular complexity index is 261. The van der Waals surface area contributed by atoms with Crippen LogP contribution >= 0.6 is 0 Å². The number of likely N-dealkylation sites (tertiary alicyclic amines) is 1. The van der Waals surface area contributed by atoms with E-state index in [9.17, 15) is 9.90 Å². The van der Waals surface area contributed by atoms with Crippen LogP contribution in [0.15, 0.2) is 0 Å². The first-order chi connectivity index (χ1) is 8.21. The van der Waals surface area contributed by atoms with Crippen LogP contribution in [0.1, 0.15) is 39.0 Å². The van der Waals surface area contributed by atoms with Gasteiger partial charge in [0.1, 0.15) is 0 Å². The van der Waals surface area contributed by atoms with Crippen LogP contribution in [0.5, 0.6) is 0 Å². The van der Waals surface area contributed by atoms with Crippen LogP contribution in [0.2, 0.25) is 0 Å². The lowest BCUT2D eigenvalue weighted by Crippen LogP contribution is -2.49. The maximum atomic E-state index is 12.2. The first kappa shape index (κ1) is 12.8. The lowest BCUT2D eigenvalue weighted by molar-refractivity contribution is -0.136. The summed E-state index contributed by atoms with van der Waals surface area (Å²) in [5, 5.41) is 12.7. The Hall–Kier alpha value is -0.610. The van der Waals surface area contributed by atoms with Crippen molar-refractivity contribution in [2.45, 2.75) is 45.1 Å². The van der Waals surface area contributed by atoms with Crippen molar-refractivity contribution in [1.29, 1.82) is 0 Å². The number of aliphatic hydroxyl groups excluding tert-OH is 1. The number of aliphatic hydroxyl groups is 1. The quantitative estimate of drug-likeness (QED) is 0.765. The van der Waals surface area contributed by atoms with Crippen molar-refractivity contribution in [2.24, 2.45) is 5.41 Å². The maximum absolute atomic E-state index is 12.2. The van der Waals surface area contributed by atoms with Gasteiger partial charge < -0.3 is 15.3 Å². The number of hydrogen-bond donors (Lipinski definition) is 2. The van der Waals surface area contributed by atoms with E-state index in [-0.39, 0.29) is 24.0 Å². The van der Waals surface area contributed by atoms with Crippen LogP contribution < -0.4 is 5.32 Å². The van der Waals surface area contributed by atoms with E-state index in [0.29, 0.717) is 0 Å². The number of carbonyl (C=O) groups is 1. The second-order valence-electron chi connectivity index (χ2n) is 5.49. The molecule has 2 aliphatic rings. The molecule has 17 heavy (non-hydrogen) atoms. The van der Waals surface area contributed by atoms with Gasteiger partial charge in [-0.1, -0.05) is 6.92 Å². The van der Waals surface area contributed by atoms with Gasteiger partial charge in [0.15, 0.2) is 0 Å². The fourth-order valence-corrected chi connectivity index (χ4v) is 2.94. The molecule has 0 saturated carbocycles. The Labute approximate surface area is 103 Å². The average molecular weight is 240 g/mol. The van der Waals surface area contributed by atoms with E-state index in [0.717, 1.165) is 51.7 Å². The summed E-state index contributed by atoms with van der Waals surface area (Å²) in [6.45, 7) is 4.98. The van der Waals surface area contributed by atoms with Gasteiger partial charge in [-0.05, 0) is 44.1 Å². The zero-order valence-corrected chi connectivity index (χ0v) is 10.7. The minimum Gasteiger partial charge on any atom is -0.396 e. The van der Waals surface area contributed by atoms with Crippen molar-refractivity contribution >= 4 is 5.91 Å². The van der Waals surface area contributed by atoms with Crippen LogP contribution in [-0.2, 0) is 4.79 Å². The molecule has 0 aliphatic carbocycles. The van der Waals surface area contributed by atoms with Gasteiger partial charge in [0.05, 0.1) is 6.04 Å². The Morgan fingerprint density at radius 3 is 2.65 bits per heavy atom. The highest BCUT2D eigenvalue weighted by atomic mass is 16.3. The first-order valence-corrected chi connectivity index (χ1v) is 6.84. The Morgan fingerprint density at radius 1 is 1.47 bits per heavy atom. The van der Waals surface area contributed by atoms with E-state index < -0.39 is 0 Å². The summed E-state index contributed by atoms with van der Waals surface area (Å²) in [4.78, 5) is 14.2. The molecule has 0 aromatic carbocycles. The topological polar surface area (TPSA) is 52.6 Å². The molecule has 0 spiro atoms. The van der Waals surface area contributed by atoms with Gasteiger partial charge in [-0.25, -0.2) is 0 Å². The molecular weight excluding hydrogens is 216 g/mol. The molecule has 1 amide bonds. The van der Waals surface area contributed by atoms with Gasteiger partial charge in [-0.2, -0.15) is 0 Å². The third kappa shape index (κ3) is 2.63. The number of rotatable bonds is 3. The Balaban J connectivity index is 1.87. The molecule has 1 atom stereocenters. The predicted molar refractivity (Wildman–Crippen MR) is 66.6 cm³/mol. The van der Waals surface area contributed by atoms with Gasteiger partial charge in [-0.15, -0.1) is 0 Å². The number of nitrogens with one attached hydrogen (secondary N) is 1. The molecule has 0 aromatic heterocycles. The third-order valence-corrected chi connectivity index (χ3v) is 4.58. The summed E-state index contributed by atoms with van der Waals surface area (Å²) in [7, 11) is 0. The highest BCUT2D eigenvalue weighted by Crippen LogP contribution is 2.34. The van der Waals surface area contributed by atoms with Gasteiger partial charge in [0.2, 0.25) is 5.91 Å². The highest BCUT2D eigenvalue weighted by Gasteiger charge is 2.36. The van der Waals surface area contributed by atoms with E-state index in [1.165, 1.54) is 0 Å². The summed E-state index contributed by atoms with van der Waals surface area (Å²) >= 11 is 0. The second kappa shape index (κ2) is 5.36. The van der Waals surface area contributed by atoms with Crippen LogP contribution in [0, 0.1) is 5.41 Å². The van der Waals surface area contributed by atoms with Crippen LogP contribution in [0.3, 0.4) is 0 Å². The van der Waals surface area contributed by atoms with Crippen molar-refractivity contribution in [3.8, 4) is 0 Å². The lowest BCUT2D eigenvalue weighted by atomic mass is 9.77. The number of amides is 1. The molecule has 2 fully saturated rings. The van der Waals surface area contributed by atoms with Gasteiger partial charge in [0.25, 0.3) is 0 Å². The molecule has 2 saturated heterocycles. The number of hydrogen-bond acceptors (Lipinski definition) is 3. The molecule has 0 aromatic rings. The molecule has 2 heterocycles. The number of nitrogens with zero attached hydrogens (tertiary/aromatic N) is 1. The third-order valence-electron chi connectivity index (χ3n) is 4.58. The lowest BCUT2D eigenvalue weighted by Gasteiger charge is -2.41. The zero-order valence-electron chi connectivity index (χ0n) is 10.7. The van der Waals surface area contributed by atoms with E-state index >= 15 is 0 Å². The highest BCUT2D eigenvalue weighted by molar-refractivity contribution is 5.82. The fraction of sp³-hybridized carbons (Fsp3) is 0.923. The summed E-state index contributed by atoms with van der Waals surface area (Å²) < 4.78 is 0. The molecule has 4 heteroatoms. The molecule has 2 aliphatic heterocycles. The first-order valence-electron chi connectivity index (χ1n) is 6.84. The SMILES string of the molecule is CCC1(CO)CCN(C(=O)C2CCCN2)CC1. The number of carbonyl (C=O) groups excluding carboxylic acids is 1. The smallest absolute Gasteiger partial charge is 0.239 e. The standard InChI is InChI=1S/C13H24N2O2/c1-2-13(10-16)5-8-15(9-6-13)12(17)11-4-3-7-14-11/h11,14,16H,2-10H2,1H3. The summed E-state index contributed by atoms with van der Waals surface area (Å²) in [5.41, 5.74) is 0.0693. The Kier molecular flexibility index (Phi) is 4.05. The number of piperidine rings is 1. The summed E-state index contributed by atoms with van der Waals surface area (Å²) in [6.07, 6.45) is 4.98. The second-order valence-corrected chi connectivity index (χ2v) is 5.49. The minimum atomic E-state index is 0.0539. The van der Waals surface area contributed by atoms with E-state index in [4.69, 9.17) is 0 Å². The van der Waals surface area contributed by atoms with Crippen LogP contribution in [-0.4, -0.2) is 48.2 Å². The van der Waals surface area contributed by atoms with Gasteiger partial charge in [-0.3, -0.25) is 4.79 Å². The maximum Gasteiger partial charge on any atom is 0.239 e. The summed E-state index contributed by atoms with van der Waals surface area (Å²) in [5.74, 6) is 0.269. The predicted octanol–water partition coefficient (Wildman–Crippen LogP) is 0.749. The molecule has 98 valence electrons. The molecular formula is C13H24N2O2.